The number of nitrogens with one attached hydrogen (secondary N) is 1. The van der Waals surface area contributed by atoms with Gasteiger partial charge in [0.2, 0.25) is 0 Å². The van der Waals surface area contributed by atoms with E-state index in [1.807, 2.05) is 0 Å². The Morgan fingerprint density at radius 3 is 2.26 bits per heavy atom. The number of nitrogens with zero attached hydrogens (tertiary/aromatic N) is 2. The van der Waals surface area contributed by atoms with Crippen LogP contribution in [0.1, 0.15) is 11.1 Å². The normalized spacial score (nSPS) is 11.7. The highest BCUT2D eigenvalue weighted by molar-refractivity contribution is 7.89. The number of pyridine rings is 1. The van der Waals surface area contributed by atoms with E-state index in [1.54, 1.807) is 12.1 Å². The number of amides is 1. The van der Waals surface area contributed by atoms with Crippen molar-refractivity contribution in [1.29, 1.82) is 0 Å². The molecule has 0 saturated carbocycles. The van der Waals surface area contributed by atoms with Crippen molar-refractivity contribution in [2.75, 3.05) is 7.05 Å². The highest BCUT2D eigenvalue weighted by Gasteiger charge is 2.30. The van der Waals surface area contributed by atoms with Gasteiger partial charge in [-0.3, -0.25) is 14.1 Å². The first-order chi connectivity index (χ1) is 15.9. The van der Waals surface area contributed by atoms with Gasteiger partial charge >= 0.3 is 6.18 Å². The van der Waals surface area contributed by atoms with Crippen LogP contribution in [0, 0.1) is 5.82 Å². The van der Waals surface area contributed by atoms with Crippen molar-refractivity contribution in [1.82, 2.24) is 14.6 Å². The second kappa shape index (κ2) is 9.64. The highest BCUT2D eigenvalue weighted by Crippen LogP contribution is 2.30. The van der Waals surface area contributed by atoms with Crippen LogP contribution in [0.25, 0.3) is 11.3 Å². The van der Waals surface area contributed by atoms with Gasteiger partial charge in [0, 0.05) is 25.4 Å². The number of carbonyl (C=O) groups excluding carboxylic acids is 1. The largest absolute Gasteiger partial charge is 0.416 e. The van der Waals surface area contributed by atoms with E-state index in [0.29, 0.717) is 21.1 Å². The fourth-order valence-electron chi connectivity index (χ4n) is 2.91. The standard InChI is InChI=1S/C23H19F4N3O3S/c1-15(30(2)34(32,33)20-9-7-19(24)8-10-20)22(31)29-14-16-11-12-28-21(13-16)17-3-5-18(6-4-17)23(25,26)27/h3-13H,1,14H2,2H3,(H,29,31). The summed E-state index contributed by atoms with van der Waals surface area (Å²) in [6.45, 7) is 3.51. The molecule has 3 rings (SSSR count). The van der Waals surface area contributed by atoms with Gasteiger partial charge < -0.3 is 5.32 Å². The third-order valence-electron chi connectivity index (χ3n) is 4.90. The number of hydrogen-bond donors (Lipinski definition) is 1. The van der Waals surface area contributed by atoms with Crippen molar-refractivity contribution in [2.24, 2.45) is 0 Å². The number of hydrogen-bond acceptors (Lipinski definition) is 4. The second-order valence-corrected chi connectivity index (χ2v) is 9.15. The van der Waals surface area contributed by atoms with Crippen molar-refractivity contribution >= 4 is 15.9 Å². The molecule has 0 spiro atoms. The molecule has 2 aromatic carbocycles. The molecule has 0 aliphatic carbocycles. The van der Waals surface area contributed by atoms with Gasteiger partial charge in [-0.15, -0.1) is 0 Å². The minimum atomic E-state index is -4.45. The number of carbonyl (C=O) groups is 1. The van der Waals surface area contributed by atoms with E-state index in [2.05, 4.69) is 16.9 Å². The van der Waals surface area contributed by atoms with E-state index in [9.17, 15) is 30.8 Å². The Balaban J connectivity index is 1.67. The highest BCUT2D eigenvalue weighted by atomic mass is 32.2. The van der Waals surface area contributed by atoms with Gasteiger partial charge in [0.05, 0.1) is 16.2 Å². The quantitative estimate of drug-likeness (QED) is 0.392. The maximum Gasteiger partial charge on any atom is 0.416 e. The summed E-state index contributed by atoms with van der Waals surface area (Å²) in [5, 5.41) is 2.54. The second-order valence-electron chi connectivity index (χ2n) is 7.18. The third kappa shape index (κ3) is 5.60. The first-order valence-electron chi connectivity index (χ1n) is 9.74. The number of likely N-dealkylation sites (N-methyl/N-ethyl adjacent to an activating group) is 1. The number of benzene rings is 2. The first-order valence-corrected chi connectivity index (χ1v) is 11.2. The molecule has 1 amide bonds. The van der Waals surface area contributed by atoms with E-state index in [4.69, 9.17) is 0 Å². The van der Waals surface area contributed by atoms with E-state index in [0.717, 1.165) is 43.4 Å². The lowest BCUT2D eigenvalue weighted by Gasteiger charge is -2.21. The predicted molar refractivity (Wildman–Crippen MR) is 117 cm³/mol. The Bertz CT molecular complexity index is 1310. The van der Waals surface area contributed by atoms with Crippen LogP contribution in [0.15, 0.2) is 84.0 Å². The minimum absolute atomic E-state index is 0.0154. The Morgan fingerprint density at radius 2 is 1.68 bits per heavy atom. The number of alkyl halides is 3. The zero-order valence-electron chi connectivity index (χ0n) is 17.8. The Hall–Kier alpha value is -3.73. The number of halogens is 4. The molecule has 11 heteroatoms. The molecule has 0 radical (unpaired) electrons. The minimum Gasteiger partial charge on any atom is -0.347 e. The molecular weight excluding hydrogens is 474 g/mol. The van der Waals surface area contributed by atoms with Gasteiger partial charge in [0.1, 0.15) is 11.5 Å². The molecule has 1 N–H and O–H groups in total. The third-order valence-corrected chi connectivity index (χ3v) is 6.71. The average Bonchev–Trinajstić information content (AvgIpc) is 2.81. The van der Waals surface area contributed by atoms with E-state index < -0.39 is 33.5 Å². The zero-order chi connectivity index (χ0) is 25.1. The summed E-state index contributed by atoms with van der Waals surface area (Å²) >= 11 is 0. The van der Waals surface area contributed by atoms with Crippen LogP contribution < -0.4 is 5.32 Å². The number of rotatable bonds is 7. The molecule has 34 heavy (non-hydrogen) atoms. The first kappa shape index (κ1) is 24.9. The maximum atomic E-state index is 13.1. The summed E-state index contributed by atoms with van der Waals surface area (Å²) in [6.07, 6.45) is -3.01. The van der Waals surface area contributed by atoms with Crippen LogP contribution >= 0.6 is 0 Å². The molecule has 0 aliphatic heterocycles. The van der Waals surface area contributed by atoms with E-state index in [-0.39, 0.29) is 17.1 Å². The fourth-order valence-corrected chi connectivity index (χ4v) is 4.08. The van der Waals surface area contributed by atoms with Crippen molar-refractivity contribution in [3.63, 3.8) is 0 Å². The molecular formula is C23H19F4N3O3S. The van der Waals surface area contributed by atoms with Crippen LogP contribution in [0.5, 0.6) is 0 Å². The fraction of sp³-hybridized carbons (Fsp3) is 0.130. The van der Waals surface area contributed by atoms with Gasteiger partial charge in [0.15, 0.2) is 0 Å². The SMILES string of the molecule is C=C(C(=O)NCc1ccnc(-c2ccc(C(F)(F)F)cc2)c1)N(C)S(=O)(=O)c1ccc(F)cc1. The van der Waals surface area contributed by atoms with E-state index >= 15 is 0 Å². The van der Waals surface area contributed by atoms with Crippen molar-refractivity contribution in [2.45, 2.75) is 17.6 Å². The zero-order valence-corrected chi connectivity index (χ0v) is 18.6. The molecule has 0 unspecified atom stereocenters. The van der Waals surface area contributed by atoms with Crippen LogP contribution in [0.3, 0.4) is 0 Å². The summed E-state index contributed by atoms with van der Waals surface area (Å²) < 4.78 is 77.3. The van der Waals surface area contributed by atoms with Crippen LogP contribution in [-0.2, 0) is 27.5 Å². The molecule has 0 bridgehead atoms. The summed E-state index contributed by atoms with van der Waals surface area (Å²) in [6, 6.07) is 11.8. The Morgan fingerprint density at radius 1 is 1.06 bits per heavy atom. The molecule has 1 heterocycles. The summed E-state index contributed by atoms with van der Waals surface area (Å²) in [5.74, 6) is -1.37. The van der Waals surface area contributed by atoms with Gasteiger partial charge in [-0.05, 0) is 54.1 Å². The van der Waals surface area contributed by atoms with Crippen molar-refractivity contribution < 1.29 is 30.8 Å². The van der Waals surface area contributed by atoms with Gasteiger partial charge in [-0.1, -0.05) is 18.7 Å². The lowest BCUT2D eigenvalue weighted by Crippen LogP contribution is -2.35. The smallest absolute Gasteiger partial charge is 0.347 e. The van der Waals surface area contributed by atoms with Gasteiger partial charge in [0.25, 0.3) is 15.9 Å². The van der Waals surface area contributed by atoms with Crippen LogP contribution in [0.2, 0.25) is 0 Å². The molecule has 0 fully saturated rings. The van der Waals surface area contributed by atoms with Gasteiger partial charge in [-0.2, -0.15) is 13.2 Å². The predicted octanol–water partition coefficient (Wildman–Crippen LogP) is 4.36. The van der Waals surface area contributed by atoms with Crippen molar-refractivity contribution in [3.05, 3.63) is 96.1 Å². The molecule has 1 aromatic heterocycles. The molecule has 0 saturated heterocycles. The van der Waals surface area contributed by atoms with Crippen LogP contribution in [0.4, 0.5) is 17.6 Å². The molecule has 0 aliphatic rings. The summed E-state index contributed by atoms with van der Waals surface area (Å²) in [5.41, 5.74) is 0.292. The number of sulfonamides is 1. The Kier molecular flexibility index (Phi) is 7.06. The topological polar surface area (TPSA) is 79.4 Å². The van der Waals surface area contributed by atoms with Crippen molar-refractivity contribution in [3.8, 4) is 11.3 Å². The summed E-state index contributed by atoms with van der Waals surface area (Å²) in [4.78, 5) is 16.4. The maximum absolute atomic E-state index is 13.1. The molecule has 6 nitrogen and oxygen atoms in total. The Labute approximate surface area is 193 Å². The summed E-state index contributed by atoms with van der Waals surface area (Å²) in [7, 11) is -2.98. The number of aromatic nitrogens is 1. The molecule has 0 atom stereocenters. The van der Waals surface area contributed by atoms with E-state index in [1.165, 1.54) is 18.3 Å². The monoisotopic (exact) mass is 493 g/mol. The molecule has 3 aromatic rings. The lowest BCUT2D eigenvalue weighted by atomic mass is 10.1. The lowest BCUT2D eigenvalue weighted by molar-refractivity contribution is -0.137. The van der Waals surface area contributed by atoms with Crippen LogP contribution in [-0.4, -0.2) is 30.7 Å². The molecule has 178 valence electrons. The average molecular weight is 493 g/mol. The van der Waals surface area contributed by atoms with Gasteiger partial charge in [-0.25, -0.2) is 12.8 Å².